The van der Waals surface area contributed by atoms with Gasteiger partial charge in [0.25, 0.3) is 14.7 Å². The maximum absolute atomic E-state index is 13.8. The van der Waals surface area contributed by atoms with Gasteiger partial charge < -0.3 is 9.47 Å². The van der Waals surface area contributed by atoms with Crippen molar-refractivity contribution in [3.8, 4) is 5.75 Å². The first kappa shape index (κ1) is 17.6. The van der Waals surface area contributed by atoms with Crippen molar-refractivity contribution in [2.24, 2.45) is 0 Å². The zero-order chi connectivity index (χ0) is 16.0. The summed E-state index contributed by atoms with van der Waals surface area (Å²) in [5.41, 5.74) is -0.728. The highest BCUT2D eigenvalue weighted by Crippen LogP contribution is 2.33. The summed E-state index contributed by atoms with van der Waals surface area (Å²) in [4.78, 5) is 8.93. The molecule has 0 saturated carbocycles. The number of nitro groups is 1. The third-order valence-corrected chi connectivity index (χ3v) is 3.68. The second kappa shape index (κ2) is 7.53. The van der Waals surface area contributed by atoms with Gasteiger partial charge in [-0.05, 0) is 6.92 Å². The molecule has 0 fully saturated rings. The first-order valence-corrected chi connectivity index (χ1v) is 8.21. The Morgan fingerprint density at radius 1 is 1.38 bits per heavy atom. The van der Waals surface area contributed by atoms with E-state index in [-0.39, 0.29) is 6.61 Å². The highest BCUT2D eigenvalue weighted by Gasteiger charge is 2.25. The van der Waals surface area contributed by atoms with E-state index in [1.54, 1.807) is 6.92 Å². The molecule has 0 aliphatic carbocycles. The number of hydrogen-bond acceptors (Lipinski definition) is 6. The molecule has 1 rings (SSSR count). The third-order valence-electron chi connectivity index (χ3n) is 2.35. The minimum atomic E-state index is -4.39. The van der Waals surface area contributed by atoms with Gasteiger partial charge in [-0.15, -0.1) is 0 Å². The van der Waals surface area contributed by atoms with Crippen molar-refractivity contribution in [3.63, 3.8) is 0 Å². The lowest BCUT2D eigenvalue weighted by Crippen LogP contribution is -2.07. The fourth-order valence-electron chi connectivity index (χ4n) is 1.46. The van der Waals surface area contributed by atoms with E-state index in [0.717, 1.165) is 0 Å². The molecule has 0 amide bonds. The minimum Gasteiger partial charge on any atom is -0.489 e. The summed E-state index contributed by atoms with van der Waals surface area (Å²) in [6.07, 6.45) is 0.395. The Morgan fingerprint density at radius 2 is 2.05 bits per heavy atom. The predicted molar refractivity (Wildman–Crippen MR) is 72.7 cm³/mol. The van der Waals surface area contributed by atoms with Crippen LogP contribution in [0.25, 0.3) is 0 Å². The third kappa shape index (κ3) is 5.10. The van der Waals surface area contributed by atoms with Crippen molar-refractivity contribution < 1.29 is 27.2 Å². The number of ether oxygens (including phenoxy) is 2. The molecule has 0 saturated heterocycles. The van der Waals surface area contributed by atoms with Crippen molar-refractivity contribution in [2.45, 2.75) is 18.2 Å². The van der Waals surface area contributed by atoms with Gasteiger partial charge in [0, 0.05) is 36.4 Å². The average Bonchev–Trinajstić information content (AvgIpc) is 2.38. The van der Waals surface area contributed by atoms with Crippen LogP contribution in [0.5, 0.6) is 5.75 Å². The average molecular weight is 342 g/mol. The fourth-order valence-corrected chi connectivity index (χ4v) is 2.44. The predicted octanol–water partition coefficient (Wildman–Crippen LogP) is 2.47. The molecule has 0 aliphatic heterocycles. The van der Waals surface area contributed by atoms with E-state index in [1.165, 1.54) is 0 Å². The van der Waals surface area contributed by atoms with Crippen LogP contribution in [-0.2, 0) is 13.8 Å². The van der Waals surface area contributed by atoms with Crippen molar-refractivity contribution in [3.05, 3.63) is 28.1 Å². The van der Waals surface area contributed by atoms with Gasteiger partial charge >= 0.3 is 0 Å². The van der Waals surface area contributed by atoms with Gasteiger partial charge in [0.15, 0.2) is 11.6 Å². The number of nitrogens with zero attached hydrogens (tertiary/aromatic N) is 1. The second-order valence-corrected chi connectivity index (χ2v) is 6.38. The second-order valence-electron chi connectivity index (χ2n) is 3.85. The van der Waals surface area contributed by atoms with Gasteiger partial charge in [-0.3, -0.25) is 10.1 Å². The summed E-state index contributed by atoms with van der Waals surface area (Å²) in [7, 11) is 0.765. The summed E-state index contributed by atoms with van der Waals surface area (Å²) in [6, 6.07) is 1.23. The minimum absolute atomic E-state index is 0.0197. The molecular weight excluding hydrogens is 329 g/mol. The van der Waals surface area contributed by atoms with Crippen molar-refractivity contribution in [1.29, 1.82) is 0 Å². The summed E-state index contributed by atoms with van der Waals surface area (Å²) in [5, 5.41) is 10.6. The van der Waals surface area contributed by atoms with E-state index >= 15 is 0 Å². The van der Waals surface area contributed by atoms with Crippen LogP contribution in [0.15, 0.2) is 17.0 Å². The Morgan fingerprint density at radius 3 is 2.57 bits per heavy atom. The smallest absolute Gasteiger partial charge is 0.273 e. The number of halogens is 2. The lowest BCUT2D eigenvalue weighted by atomic mass is 10.3. The Kier molecular flexibility index (Phi) is 6.31. The van der Waals surface area contributed by atoms with E-state index in [4.69, 9.17) is 20.2 Å². The maximum atomic E-state index is 13.8. The Bertz CT molecular complexity index is 621. The SMILES string of the molecule is CCOCCCOc1c(F)cc([N+](=O)[O-])cc1S(=O)(=O)Cl. The van der Waals surface area contributed by atoms with Gasteiger partial charge in [0.1, 0.15) is 4.90 Å². The zero-order valence-corrected chi connectivity index (χ0v) is 12.6. The van der Waals surface area contributed by atoms with Crippen molar-refractivity contribution in [1.82, 2.24) is 0 Å². The largest absolute Gasteiger partial charge is 0.489 e. The molecule has 0 aromatic heterocycles. The number of rotatable bonds is 8. The molecule has 0 spiro atoms. The molecule has 21 heavy (non-hydrogen) atoms. The molecule has 1 aromatic carbocycles. The summed E-state index contributed by atoms with van der Waals surface area (Å²) in [5.74, 6) is -1.80. The highest BCUT2D eigenvalue weighted by molar-refractivity contribution is 8.13. The van der Waals surface area contributed by atoms with Gasteiger partial charge in [-0.1, -0.05) is 0 Å². The molecule has 0 N–H and O–H groups in total. The van der Waals surface area contributed by atoms with Crippen LogP contribution in [0.4, 0.5) is 10.1 Å². The van der Waals surface area contributed by atoms with Crippen LogP contribution in [0.1, 0.15) is 13.3 Å². The molecule has 10 heteroatoms. The number of hydrogen-bond donors (Lipinski definition) is 0. The number of non-ortho nitro benzene ring substituents is 1. The molecule has 0 radical (unpaired) electrons. The normalized spacial score (nSPS) is 11.4. The first-order valence-electron chi connectivity index (χ1n) is 5.90. The molecular formula is C11H13ClFNO6S. The van der Waals surface area contributed by atoms with Gasteiger partial charge in [0.2, 0.25) is 0 Å². The molecule has 0 unspecified atom stereocenters. The lowest BCUT2D eigenvalue weighted by molar-refractivity contribution is -0.385. The molecule has 0 heterocycles. The molecule has 7 nitrogen and oxygen atoms in total. The Balaban J connectivity index is 3.04. The van der Waals surface area contributed by atoms with Crippen LogP contribution in [0.2, 0.25) is 0 Å². The van der Waals surface area contributed by atoms with E-state index < -0.39 is 36.1 Å². The topological polar surface area (TPSA) is 95.7 Å². The number of nitro benzene ring substituents is 1. The maximum Gasteiger partial charge on any atom is 0.273 e. The van der Waals surface area contributed by atoms with E-state index in [1.807, 2.05) is 0 Å². The van der Waals surface area contributed by atoms with E-state index in [2.05, 4.69) is 0 Å². The van der Waals surface area contributed by atoms with E-state index in [9.17, 15) is 22.9 Å². The number of benzene rings is 1. The lowest BCUT2D eigenvalue weighted by Gasteiger charge is -2.10. The van der Waals surface area contributed by atoms with E-state index in [0.29, 0.717) is 31.8 Å². The van der Waals surface area contributed by atoms with Gasteiger partial charge in [-0.2, -0.15) is 0 Å². The van der Waals surface area contributed by atoms with Crippen LogP contribution in [-0.4, -0.2) is 33.2 Å². The Hall–Kier alpha value is -1.45. The summed E-state index contributed by atoms with van der Waals surface area (Å²) < 4.78 is 46.6. The van der Waals surface area contributed by atoms with Crippen molar-refractivity contribution >= 4 is 25.4 Å². The zero-order valence-electron chi connectivity index (χ0n) is 11.0. The molecule has 1 aromatic rings. The summed E-state index contributed by atoms with van der Waals surface area (Å²) in [6.45, 7) is 2.64. The molecule has 0 aliphatic rings. The van der Waals surface area contributed by atoms with Crippen LogP contribution in [0.3, 0.4) is 0 Å². The fraction of sp³-hybridized carbons (Fsp3) is 0.455. The molecule has 118 valence electrons. The first-order chi connectivity index (χ1) is 9.77. The standard InChI is InChI=1S/C11H13ClFNO6S/c1-2-19-4-3-5-20-11-9(13)6-8(14(15)16)7-10(11)21(12,17)18/h6-7H,2-5H2,1H3. The van der Waals surface area contributed by atoms with Crippen LogP contribution < -0.4 is 4.74 Å². The monoisotopic (exact) mass is 341 g/mol. The molecule has 0 atom stereocenters. The summed E-state index contributed by atoms with van der Waals surface area (Å²) >= 11 is 0. The van der Waals surface area contributed by atoms with Gasteiger partial charge in [0.05, 0.1) is 17.6 Å². The van der Waals surface area contributed by atoms with Gasteiger partial charge in [-0.25, -0.2) is 12.8 Å². The highest BCUT2D eigenvalue weighted by atomic mass is 35.7. The van der Waals surface area contributed by atoms with Crippen LogP contribution in [0, 0.1) is 15.9 Å². The van der Waals surface area contributed by atoms with Crippen LogP contribution >= 0.6 is 10.7 Å². The molecule has 0 bridgehead atoms. The van der Waals surface area contributed by atoms with Crippen molar-refractivity contribution in [2.75, 3.05) is 19.8 Å². The quantitative estimate of drug-likeness (QED) is 0.312. The Labute approximate surface area is 125 Å².